The number of aryl methyl sites for hydroxylation is 1. The summed E-state index contributed by atoms with van der Waals surface area (Å²) < 4.78 is 21.0. The number of hydrogen-bond acceptors (Lipinski definition) is 5. The number of hydrogen-bond donors (Lipinski definition) is 1. The van der Waals surface area contributed by atoms with Gasteiger partial charge in [0.25, 0.3) is 5.91 Å². The molecule has 1 N–H and O–H groups in total. The molecule has 0 saturated carbocycles. The fourth-order valence-electron chi connectivity index (χ4n) is 4.00. The number of carbonyl (C=O) groups is 1. The molecule has 4 aromatic heterocycles. The maximum Gasteiger partial charge on any atom is 0.292 e. The van der Waals surface area contributed by atoms with Crippen LogP contribution in [0.2, 0.25) is 0 Å². The number of carbonyl (C=O) groups excluding carboxylic acids is 1. The zero-order valence-electron chi connectivity index (χ0n) is 16.0. The lowest BCUT2D eigenvalue weighted by Gasteiger charge is -2.33. The Morgan fingerprint density at radius 2 is 2.21 bits per heavy atom. The number of oxazole rings is 1. The van der Waals surface area contributed by atoms with Gasteiger partial charge in [-0.15, -0.1) is 0 Å². The van der Waals surface area contributed by atoms with Crippen molar-refractivity contribution in [2.24, 2.45) is 0 Å². The number of nitrogens with zero attached hydrogens (tertiary/aromatic N) is 5. The highest BCUT2D eigenvalue weighted by Crippen LogP contribution is 2.37. The lowest BCUT2D eigenvalue weighted by atomic mass is 9.96. The predicted molar refractivity (Wildman–Crippen MR) is 101 cm³/mol. The monoisotopic (exact) mass is 394 g/mol. The first kappa shape index (κ1) is 17.6. The van der Waals surface area contributed by atoms with E-state index in [0.717, 1.165) is 34.6 Å². The van der Waals surface area contributed by atoms with Crippen molar-refractivity contribution in [2.45, 2.75) is 32.5 Å². The molecule has 29 heavy (non-hydrogen) atoms. The Kier molecular flexibility index (Phi) is 3.97. The van der Waals surface area contributed by atoms with Crippen LogP contribution in [0.25, 0.3) is 5.52 Å². The van der Waals surface area contributed by atoms with Crippen molar-refractivity contribution in [2.75, 3.05) is 6.54 Å². The largest absolute Gasteiger partial charge is 0.438 e. The van der Waals surface area contributed by atoms with Gasteiger partial charge in [-0.2, -0.15) is 5.10 Å². The molecule has 5 rings (SSSR count). The van der Waals surface area contributed by atoms with Gasteiger partial charge >= 0.3 is 0 Å². The number of rotatable bonds is 3. The van der Waals surface area contributed by atoms with Crippen molar-refractivity contribution in [1.82, 2.24) is 29.5 Å². The molecule has 4 aromatic rings. The molecule has 1 aliphatic rings. The maximum absolute atomic E-state index is 13.9. The van der Waals surface area contributed by atoms with E-state index in [1.165, 1.54) is 6.92 Å². The van der Waals surface area contributed by atoms with Crippen LogP contribution in [0.5, 0.6) is 0 Å². The summed E-state index contributed by atoms with van der Waals surface area (Å²) in [6, 6.07) is 5.31. The van der Waals surface area contributed by atoms with Gasteiger partial charge in [-0.3, -0.25) is 4.79 Å². The van der Waals surface area contributed by atoms with E-state index in [1.54, 1.807) is 15.7 Å². The molecule has 0 saturated heterocycles. The van der Waals surface area contributed by atoms with Crippen molar-refractivity contribution in [3.8, 4) is 0 Å². The summed E-state index contributed by atoms with van der Waals surface area (Å²) in [5.74, 6) is -0.498. The van der Waals surface area contributed by atoms with Crippen molar-refractivity contribution >= 4 is 11.4 Å². The van der Waals surface area contributed by atoms with Gasteiger partial charge in [0.1, 0.15) is 17.9 Å². The molecule has 5 heterocycles. The quantitative estimate of drug-likeness (QED) is 0.576. The highest BCUT2D eigenvalue weighted by Gasteiger charge is 2.39. The SMILES string of the molecule is Cc1c([C@H]2c3nc[nH]c3CCN2C(=O)c2ocnc2C(C)F)nn2ccccc12. The van der Waals surface area contributed by atoms with Gasteiger partial charge in [0.15, 0.2) is 6.39 Å². The Morgan fingerprint density at radius 3 is 3.00 bits per heavy atom. The van der Waals surface area contributed by atoms with E-state index >= 15 is 0 Å². The molecule has 9 heteroatoms. The minimum atomic E-state index is -1.41. The van der Waals surface area contributed by atoms with Crippen LogP contribution in [0.15, 0.2) is 41.5 Å². The number of aromatic amines is 1. The summed E-state index contributed by atoms with van der Waals surface area (Å²) in [4.78, 5) is 26.5. The van der Waals surface area contributed by atoms with Crippen LogP contribution in [0.3, 0.4) is 0 Å². The number of H-pyrrole nitrogens is 1. The van der Waals surface area contributed by atoms with E-state index in [4.69, 9.17) is 9.52 Å². The molecule has 148 valence electrons. The van der Waals surface area contributed by atoms with E-state index in [1.807, 2.05) is 31.3 Å². The maximum atomic E-state index is 13.9. The second-order valence-electron chi connectivity index (χ2n) is 7.14. The van der Waals surface area contributed by atoms with Crippen LogP contribution >= 0.6 is 0 Å². The van der Waals surface area contributed by atoms with Crippen molar-refractivity contribution in [3.05, 3.63) is 71.2 Å². The molecule has 0 spiro atoms. The number of nitrogens with one attached hydrogen (secondary N) is 1. The zero-order chi connectivity index (χ0) is 20.1. The first-order chi connectivity index (χ1) is 14.1. The molecule has 1 amide bonds. The van der Waals surface area contributed by atoms with Gasteiger partial charge in [-0.25, -0.2) is 18.9 Å². The lowest BCUT2D eigenvalue weighted by molar-refractivity contribution is 0.0649. The first-order valence-electron chi connectivity index (χ1n) is 9.40. The normalized spacial score (nSPS) is 17.5. The molecule has 2 atom stereocenters. The topological polar surface area (TPSA) is 92.3 Å². The molecule has 0 bridgehead atoms. The molecule has 0 fully saturated rings. The van der Waals surface area contributed by atoms with E-state index in [9.17, 15) is 9.18 Å². The standard InChI is InChI=1S/C20H19FN6O2/c1-11-14-5-3-4-7-27(14)25-15(11)18-17-13(22-9-23-17)6-8-26(18)20(28)19-16(12(2)21)24-10-29-19/h3-5,7,9-10,12,18H,6,8H2,1-2H3,(H,22,23)/t12?,18-/m0/s1. The number of alkyl halides is 1. The number of fused-ring (bicyclic) bond motifs is 2. The molecule has 1 aliphatic heterocycles. The van der Waals surface area contributed by atoms with E-state index < -0.39 is 18.1 Å². The van der Waals surface area contributed by atoms with Gasteiger partial charge in [-0.1, -0.05) is 6.07 Å². The van der Waals surface area contributed by atoms with Gasteiger partial charge in [0, 0.05) is 30.4 Å². The number of pyridine rings is 1. The van der Waals surface area contributed by atoms with Gasteiger partial charge in [0.2, 0.25) is 5.76 Å². The Morgan fingerprint density at radius 1 is 1.34 bits per heavy atom. The number of amides is 1. The summed E-state index contributed by atoms with van der Waals surface area (Å²) in [6.07, 6.45) is 3.80. The van der Waals surface area contributed by atoms with Gasteiger partial charge in [-0.05, 0) is 26.0 Å². The second-order valence-corrected chi connectivity index (χ2v) is 7.14. The Bertz CT molecular complexity index is 1210. The molecule has 0 aliphatic carbocycles. The fraction of sp³-hybridized carbons (Fsp3) is 0.300. The summed E-state index contributed by atoms with van der Waals surface area (Å²) in [6.45, 7) is 3.73. The van der Waals surface area contributed by atoms with Crippen LogP contribution in [0, 0.1) is 6.92 Å². The zero-order valence-corrected chi connectivity index (χ0v) is 16.0. The minimum Gasteiger partial charge on any atom is -0.438 e. The fourth-order valence-corrected chi connectivity index (χ4v) is 4.00. The predicted octanol–water partition coefficient (Wildman–Crippen LogP) is 3.17. The van der Waals surface area contributed by atoms with Gasteiger partial charge < -0.3 is 14.3 Å². The van der Waals surface area contributed by atoms with Crippen LogP contribution in [-0.4, -0.2) is 41.9 Å². The molecular formula is C20H19FN6O2. The Labute approximate surface area is 165 Å². The van der Waals surface area contributed by atoms with Gasteiger partial charge in [0.05, 0.1) is 23.2 Å². The summed E-state index contributed by atoms with van der Waals surface area (Å²) in [5.41, 5.74) is 4.36. The van der Waals surface area contributed by atoms with Crippen molar-refractivity contribution in [1.29, 1.82) is 0 Å². The van der Waals surface area contributed by atoms with Crippen LogP contribution in [0.1, 0.15) is 58.0 Å². The third kappa shape index (κ3) is 2.65. The molecule has 1 unspecified atom stereocenters. The highest BCUT2D eigenvalue weighted by molar-refractivity contribution is 5.93. The third-order valence-corrected chi connectivity index (χ3v) is 5.43. The van der Waals surface area contributed by atoms with Crippen molar-refractivity contribution in [3.63, 3.8) is 0 Å². The van der Waals surface area contributed by atoms with Crippen molar-refractivity contribution < 1.29 is 13.6 Å². The average Bonchev–Trinajstić information content (AvgIpc) is 3.45. The lowest BCUT2D eigenvalue weighted by Crippen LogP contribution is -2.41. The Hall–Kier alpha value is -3.49. The smallest absolute Gasteiger partial charge is 0.292 e. The third-order valence-electron chi connectivity index (χ3n) is 5.43. The van der Waals surface area contributed by atoms with Crippen LogP contribution < -0.4 is 0 Å². The highest BCUT2D eigenvalue weighted by atomic mass is 19.1. The van der Waals surface area contributed by atoms with Crippen LogP contribution in [-0.2, 0) is 6.42 Å². The molecular weight excluding hydrogens is 375 g/mol. The van der Waals surface area contributed by atoms with Crippen LogP contribution in [0.4, 0.5) is 4.39 Å². The molecule has 8 nitrogen and oxygen atoms in total. The second kappa shape index (κ2) is 6.54. The van der Waals surface area contributed by atoms with E-state index in [2.05, 4.69) is 15.0 Å². The summed E-state index contributed by atoms with van der Waals surface area (Å²) in [5, 5.41) is 4.73. The van der Waals surface area contributed by atoms with E-state index in [0.29, 0.717) is 13.0 Å². The number of halogens is 1. The average molecular weight is 394 g/mol. The summed E-state index contributed by atoms with van der Waals surface area (Å²) >= 11 is 0. The Balaban J connectivity index is 1.66. The number of aromatic nitrogens is 5. The number of imidazole rings is 1. The molecule has 0 aromatic carbocycles. The molecule has 0 radical (unpaired) electrons. The minimum absolute atomic E-state index is 0.00768. The van der Waals surface area contributed by atoms with E-state index in [-0.39, 0.29) is 11.5 Å². The summed E-state index contributed by atoms with van der Waals surface area (Å²) in [7, 11) is 0. The first-order valence-corrected chi connectivity index (χ1v) is 9.40.